The Labute approximate surface area is 149 Å². The van der Waals surface area contributed by atoms with E-state index >= 15 is 0 Å². The number of sulfone groups is 1. The van der Waals surface area contributed by atoms with E-state index in [1.165, 1.54) is 11.9 Å². The maximum Gasteiger partial charge on any atom is 0.501 e. The third kappa shape index (κ3) is 4.01. The molecule has 1 saturated heterocycles. The average molecular weight is 414 g/mol. The van der Waals surface area contributed by atoms with E-state index < -0.39 is 30.3 Å². The van der Waals surface area contributed by atoms with Crippen LogP contribution in [0.15, 0.2) is 34.1 Å². The van der Waals surface area contributed by atoms with Crippen LogP contribution in [-0.2, 0) is 24.7 Å². The number of halogens is 3. The van der Waals surface area contributed by atoms with Crippen LogP contribution < -0.4 is 0 Å². The molecule has 0 atom stereocenters. The molecule has 0 unspecified atom stereocenters. The fourth-order valence-corrected chi connectivity index (χ4v) is 4.35. The summed E-state index contributed by atoms with van der Waals surface area (Å²) in [7, 11) is -8.29. The van der Waals surface area contributed by atoms with Crippen molar-refractivity contribution in [1.82, 2.24) is 9.21 Å². The van der Waals surface area contributed by atoms with Crippen LogP contribution in [-0.4, -0.2) is 64.1 Å². The van der Waals surface area contributed by atoms with Gasteiger partial charge in [0.15, 0.2) is 0 Å². The summed E-state index contributed by atoms with van der Waals surface area (Å²) in [6.07, 6.45) is 1.13. The molecule has 1 fully saturated rings. The van der Waals surface area contributed by atoms with E-state index in [2.05, 4.69) is 0 Å². The second kappa shape index (κ2) is 7.16. The Kier molecular flexibility index (Phi) is 5.69. The van der Waals surface area contributed by atoms with E-state index in [1.54, 1.807) is 0 Å². The first-order valence-electron chi connectivity index (χ1n) is 7.53. The number of carbonyl (C=O) groups is 1. The van der Waals surface area contributed by atoms with Crippen molar-refractivity contribution < 1.29 is 34.8 Å². The predicted molar refractivity (Wildman–Crippen MR) is 85.3 cm³/mol. The summed E-state index contributed by atoms with van der Waals surface area (Å²) in [4.78, 5) is 11.7. The number of carbonyl (C=O) groups excluding carboxylic acids is 1. The zero-order valence-electron chi connectivity index (χ0n) is 13.7. The summed E-state index contributed by atoms with van der Waals surface area (Å²) >= 11 is 0. The molecule has 2 rings (SSSR count). The van der Waals surface area contributed by atoms with E-state index in [0.717, 1.165) is 16.4 Å². The number of rotatable bonds is 6. The molecule has 1 amide bonds. The second-order valence-electron chi connectivity index (χ2n) is 5.73. The molecule has 146 valence electrons. The molecule has 0 aliphatic carbocycles. The van der Waals surface area contributed by atoms with E-state index in [9.17, 15) is 34.8 Å². The van der Waals surface area contributed by atoms with Crippen LogP contribution in [0.4, 0.5) is 13.2 Å². The minimum absolute atomic E-state index is 0.0106. The fourth-order valence-electron chi connectivity index (χ4n) is 2.43. The molecule has 1 aliphatic rings. The maximum atomic E-state index is 12.5. The van der Waals surface area contributed by atoms with Crippen molar-refractivity contribution >= 4 is 25.8 Å². The number of nitrogens with zero attached hydrogens (tertiary/aromatic N) is 2. The monoisotopic (exact) mass is 414 g/mol. The maximum absolute atomic E-state index is 12.5. The molecule has 0 spiro atoms. The van der Waals surface area contributed by atoms with Crippen LogP contribution in [0.3, 0.4) is 0 Å². The van der Waals surface area contributed by atoms with Gasteiger partial charge in [-0.15, -0.1) is 0 Å². The Morgan fingerprint density at radius 2 is 1.62 bits per heavy atom. The van der Waals surface area contributed by atoms with Gasteiger partial charge in [0.25, 0.3) is 9.84 Å². The van der Waals surface area contributed by atoms with Gasteiger partial charge in [-0.3, -0.25) is 4.79 Å². The zero-order valence-corrected chi connectivity index (χ0v) is 15.4. The number of likely N-dealkylation sites (tertiary alicyclic amines) is 1. The summed E-state index contributed by atoms with van der Waals surface area (Å²) in [6, 6.07) is 2.83. The zero-order chi connectivity index (χ0) is 19.8. The van der Waals surface area contributed by atoms with Crippen molar-refractivity contribution in [1.29, 1.82) is 0 Å². The molecule has 1 aliphatic heterocycles. The lowest BCUT2D eigenvalue weighted by atomic mass is 10.4. The van der Waals surface area contributed by atoms with Gasteiger partial charge in [-0.1, -0.05) is 0 Å². The normalized spacial score (nSPS) is 16.5. The van der Waals surface area contributed by atoms with Crippen LogP contribution in [0, 0.1) is 0 Å². The first kappa shape index (κ1) is 20.6. The number of sulfonamides is 1. The summed E-state index contributed by atoms with van der Waals surface area (Å²) in [5.41, 5.74) is -5.47. The van der Waals surface area contributed by atoms with E-state index in [0.29, 0.717) is 31.5 Å². The van der Waals surface area contributed by atoms with Crippen molar-refractivity contribution in [3.63, 3.8) is 0 Å². The number of benzene rings is 1. The van der Waals surface area contributed by atoms with Gasteiger partial charge >= 0.3 is 5.51 Å². The lowest BCUT2D eigenvalue weighted by Crippen LogP contribution is -2.36. The molecular formula is C14H17F3N2O5S2. The van der Waals surface area contributed by atoms with Crippen LogP contribution >= 0.6 is 0 Å². The lowest BCUT2D eigenvalue weighted by Gasteiger charge is -2.21. The standard InChI is InChI=1S/C14H17F3N2O5S2/c1-18(9-10-19-8-2-3-13(19)20)26(23,24)12-6-4-11(5-7-12)25(21,22)14(15,16)17/h4-7H,2-3,8-10H2,1H3. The van der Waals surface area contributed by atoms with Gasteiger partial charge < -0.3 is 4.90 Å². The fraction of sp³-hybridized carbons (Fsp3) is 0.500. The topological polar surface area (TPSA) is 91.8 Å². The van der Waals surface area contributed by atoms with Gasteiger partial charge in [-0.2, -0.15) is 17.5 Å². The highest BCUT2D eigenvalue weighted by Crippen LogP contribution is 2.30. The highest BCUT2D eigenvalue weighted by atomic mass is 32.2. The molecule has 1 heterocycles. The van der Waals surface area contributed by atoms with E-state index in [-0.39, 0.29) is 23.9 Å². The Morgan fingerprint density at radius 3 is 2.08 bits per heavy atom. The Hall–Kier alpha value is -1.66. The molecule has 1 aromatic rings. The molecule has 0 aromatic heterocycles. The van der Waals surface area contributed by atoms with E-state index in [4.69, 9.17) is 0 Å². The van der Waals surface area contributed by atoms with Crippen molar-refractivity contribution in [3.05, 3.63) is 24.3 Å². The number of hydrogen-bond donors (Lipinski definition) is 0. The second-order valence-corrected chi connectivity index (χ2v) is 9.72. The van der Waals surface area contributed by atoms with Gasteiger partial charge in [0.2, 0.25) is 15.9 Å². The number of likely N-dealkylation sites (N-methyl/N-ethyl adjacent to an activating group) is 1. The molecule has 0 N–H and O–H groups in total. The van der Waals surface area contributed by atoms with Crippen molar-refractivity contribution in [2.75, 3.05) is 26.7 Å². The first-order valence-corrected chi connectivity index (χ1v) is 10.5. The number of amides is 1. The Bertz CT molecular complexity index is 880. The summed E-state index contributed by atoms with van der Waals surface area (Å²) in [5, 5.41) is 0. The third-order valence-electron chi connectivity index (χ3n) is 4.00. The molecular weight excluding hydrogens is 397 g/mol. The van der Waals surface area contributed by atoms with Crippen LogP contribution in [0.25, 0.3) is 0 Å². The molecule has 0 bridgehead atoms. The van der Waals surface area contributed by atoms with Crippen LogP contribution in [0.2, 0.25) is 0 Å². The smallest absolute Gasteiger partial charge is 0.341 e. The minimum Gasteiger partial charge on any atom is -0.341 e. The predicted octanol–water partition coefficient (Wildman–Crippen LogP) is 1.22. The van der Waals surface area contributed by atoms with Crippen molar-refractivity contribution in [2.24, 2.45) is 0 Å². The first-order chi connectivity index (χ1) is 11.9. The number of hydrogen-bond acceptors (Lipinski definition) is 5. The van der Waals surface area contributed by atoms with Gasteiger partial charge in [-0.25, -0.2) is 16.8 Å². The third-order valence-corrected chi connectivity index (χ3v) is 7.38. The molecule has 1 aromatic carbocycles. The molecule has 26 heavy (non-hydrogen) atoms. The highest BCUT2D eigenvalue weighted by molar-refractivity contribution is 7.92. The van der Waals surface area contributed by atoms with Crippen molar-refractivity contribution in [2.45, 2.75) is 28.1 Å². The highest BCUT2D eigenvalue weighted by Gasteiger charge is 2.46. The molecule has 0 radical (unpaired) electrons. The van der Waals surface area contributed by atoms with Gasteiger partial charge in [0.1, 0.15) is 0 Å². The lowest BCUT2D eigenvalue weighted by molar-refractivity contribution is -0.127. The summed E-state index contributed by atoms with van der Waals surface area (Å²) in [5.74, 6) is -0.0579. The molecule has 0 saturated carbocycles. The molecule has 7 nitrogen and oxygen atoms in total. The van der Waals surface area contributed by atoms with Gasteiger partial charge in [0, 0.05) is 33.1 Å². The quantitative estimate of drug-likeness (QED) is 0.698. The minimum atomic E-state index is -5.54. The van der Waals surface area contributed by atoms with Crippen LogP contribution in [0.5, 0.6) is 0 Å². The number of alkyl halides is 3. The van der Waals surface area contributed by atoms with Gasteiger partial charge in [-0.05, 0) is 30.7 Å². The SMILES string of the molecule is CN(CCN1CCCC1=O)S(=O)(=O)c1ccc(S(=O)(=O)C(F)(F)F)cc1. The Balaban J connectivity index is 2.15. The van der Waals surface area contributed by atoms with Crippen molar-refractivity contribution in [3.8, 4) is 0 Å². The van der Waals surface area contributed by atoms with E-state index in [1.807, 2.05) is 0 Å². The summed E-state index contributed by atoms with van der Waals surface area (Å²) < 4.78 is 86.0. The van der Waals surface area contributed by atoms with Gasteiger partial charge in [0.05, 0.1) is 9.79 Å². The largest absolute Gasteiger partial charge is 0.501 e. The van der Waals surface area contributed by atoms with Crippen LogP contribution in [0.1, 0.15) is 12.8 Å². The molecule has 12 heteroatoms. The average Bonchev–Trinajstić information content (AvgIpc) is 2.96. The Morgan fingerprint density at radius 1 is 1.08 bits per heavy atom. The summed E-state index contributed by atoms with van der Waals surface area (Å²) in [6.45, 7) is 0.766.